The van der Waals surface area contributed by atoms with Gasteiger partial charge in [0.1, 0.15) is 5.58 Å². The quantitative estimate of drug-likeness (QED) is 0.196. The molecule has 0 unspecified atom stereocenters. The van der Waals surface area contributed by atoms with Gasteiger partial charge in [-0.05, 0) is 60.2 Å². The summed E-state index contributed by atoms with van der Waals surface area (Å²) >= 11 is 1.85. The minimum atomic E-state index is 0.870. The van der Waals surface area contributed by atoms with Crippen LogP contribution in [0.3, 0.4) is 0 Å². The highest BCUT2D eigenvalue weighted by atomic mass is 32.1. The molecule has 11 aromatic rings. The molecule has 5 heteroatoms. The molecule has 0 N–H and O–H groups in total. The summed E-state index contributed by atoms with van der Waals surface area (Å²) in [5.74, 6) is 0. The largest absolute Gasteiger partial charge is 0.439 e. The lowest BCUT2D eigenvalue weighted by atomic mass is 10.0. The van der Waals surface area contributed by atoms with Crippen LogP contribution in [0.25, 0.3) is 97.4 Å². The molecule has 0 aliphatic heterocycles. The molecule has 0 aliphatic carbocycles. The summed E-state index contributed by atoms with van der Waals surface area (Å²) in [4.78, 5) is 4.88. The predicted octanol–water partition coefficient (Wildman–Crippen LogP) is 11.5. The number of benzene rings is 6. The van der Waals surface area contributed by atoms with Crippen molar-refractivity contribution in [2.75, 3.05) is 0 Å². The lowest BCUT2D eigenvalue weighted by Crippen LogP contribution is -1.94. The second-order valence-electron chi connectivity index (χ2n) is 12.0. The van der Waals surface area contributed by atoms with Gasteiger partial charge in [0, 0.05) is 47.6 Å². The number of thiophene rings is 1. The Bertz CT molecular complexity index is 3040. The van der Waals surface area contributed by atoms with E-state index in [2.05, 4.69) is 130 Å². The van der Waals surface area contributed by atoms with Crippen molar-refractivity contribution in [2.24, 2.45) is 0 Å². The second kappa shape index (κ2) is 8.84. The topological polar surface area (TPSA) is 35.4 Å². The van der Waals surface area contributed by atoms with Crippen LogP contribution in [0.4, 0.5) is 0 Å². The summed E-state index contributed by atoms with van der Waals surface area (Å²) in [6.45, 7) is 0. The molecule has 0 aliphatic rings. The zero-order valence-corrected chi connectivity index (χ0v) is 25.3. The lowest BCUT2D eigenvalue weighted by molar-refractivity contribution is 0.645. The van der Waals surface area contributed by atoms with E-state index in [1.165, 1.54) is 42.0 Å². The summed E-state index contributed by atoms with van der Waals surface area (Å²) < 4.78 is 13.9. The standard InChI is InChI=1S/C41H23N3OS/c1-5-16-32-27(13-1)39(35-23-42-31-15-4-6-17-33(31)44(32)35)24-10-9-11-25(20-24)43-34-21-29-26-12-3-8-19-37(26)46-38(29)22-30(34)40-28-14-2-7-18-36(28)45-41(40)43/h1-23H. The third-order valence-electron chi connectivity index (χ3n) is 9.54. The van der Waals surface area contributed by atoms with Gasteiger partial charge in [-0.3, -0.25) is 9.55 Å². The zero-order chi connectivity index (χ0) is 29.9. The number of para-hydroxylation sites is 4. The number of hydrogen-bond donors (Lipinski definition) is 0. The van der Waals surface area contributed by atoms with Gasteiger partial charge in [-0.15, -0.1) is 11.3 Å². The van der Waals surface area contributed by atoms with Crippen molar-refractivity contribution in [1.29, 1.82) is 0 Å². The first-order valence-electron chi connectivity index (χ1n) is 15.5. The number of hydrogen-bond acceptors (Lipinski definition) is 3. The predicted molar refractivity (Wildman–Crippen MR) is 193 cm³/mol. The molecular formula is C41H23N3OS. The normalized spacial score (nSPS) is 12.3. The Hall–Kier alpha value is -5.91. The molecule has 46 heavy (non-hydrogen) atoms. The molecule has 5 aromatic heterocycles. The van der Waals surface area contributed by atoms with E-state index in [-0.39, 0.29) is 0 Å². The van der Waals surface area contributed by atoms with Gasteiger partial charge in [-0.25, -0.2) is 0 Å². The van der Waals surface area contributed by atoms with Crippen LogP contribution < -0.4 is 0 Å². The SMILES string of the molecule is c1cc(-c2c3ccccc3n3c2cnc2ccccc23)cc(-n2c3cc4c(cc3c3c5ccccc5oc32)sc2ccccc24)c1. The molecule has 0 amide bonds. The molecule has 0 radical (unpaired) electrons. The average molecular weight is 606 g/mol. The highest BCUT2D eigenvalue weighted by Crippen LogP contribution is 2.44. The number of aromatic nitrogens is 3. The first-order chi connectivity index (χ1) is 22.8. The third-order valence-corrected chi connectivity index (χ3v) is 10.7. The van der Waals surface area contributed by atoms with Crippen molar-refractivity contribution in [3.05, 3.63) is 140 Å². The lowest BCUT2D eigenvalue weighted by Gasteiger charge is -2.10. The van der Waals surface area contributed by atoms with E-state index >= 15 is 0 Å². The molecule has 0 spiro atoms. The minimum absolute atomic E-state index is 0.870. The molecule has 0 bridgehead atoms. The number of rotatable bonds is 2. The third kappa shape index (κ3) is 3.14. The first kappa shape index (κ1) is 24.4. The molecule has 4 nitrogen and oxygen atoms in total. The molecule has 0 saturated heterocycles. The van der Waals surface area contributed by atoms with E-state index in [0.29, 0.717) is 0 Å². The highest BCUT2D eigenvalue weighted by molar-refractivity contribution is 7.25. The van der Waals surface area contributed by atoms with Gasteiger partial charge in [0.2, 0.25) is 5.71 Å². The van der Waals surface area contributed by atoms with E-state index in [4.69, 9.17) is 9.40 Å². The molecule has 214 valence electrons. The van der Waals surface area contributed by atoms with E-state index in [1.54, 1.807) is 0 Å². The Morgan fingerprint density at radius 3 is 2.26 bits per heavy atom. The van der Waals surface area contributed by atoms with Gasteiger partial charge in [0.05, 0.1) is 39.2 Å². The van der Waals surface area contributed by atoms with Crippen LogP contribution >= 0.6 is 11.3 Å². The Labute approximate surface area is 266 Å². The summed E-state index contributed by atoms with van der Waals surface area (Å²) in [5, 5.41) is 7.28. The van der Waals surface area contributed by atoms with Crippen LogP contribution in [0.1, 0.15) is 0 Å². The Morgan fingerprint density at radius 2 is 1.33 bits per heavy atom. The van der Waals surface area contributed by atoms with Crippen LogP contribution in [0, 0.1) is 0 Å². The smallest absolute Gasteiger partial charge is 0.213 e. The molecule has 0 fully saturated rings. The molecule has 6 aromatic carbocycles. The maximum absolute atomic E-state index is 6.69. The monoisotopic (exact) mass is 605 g/mol. The fraction of sp³-hybridized carbons (Fsp3) is 0. The van der Waals surface area contributed by atoms with Gasteiger partial charge in [-0.2, -0.15) is 0 Å². The zero-order valence-electron chi connectivity index (χ0n) is 24.4. The summed E-state index contributed by atoms with van der Waals surface area (Å²) in [6.07, 6.45) is 2.02. The Kier molecular flexibility index (Phi) is 4.69. The van der Waals surface area contributed by atoms with Gasteiger partial charge in [-0.1, -0.05) is 78.9 Å². The Balaban J connectivity index is 1.25. The van der Waals surface area contributed by atoms with Crippen molar-refractivity contribution in [1.82, 2.24) is 14.0 Å². The van der Waals surface area contributed by atoms with Crippen LogP contribution in [-0.4, -0.2) is 14.0 Å². The summed E-state index contributed by atoms with van der Waals surface area (Å²) in [7, 11) is 0. The molecule has 11 rings (SSSR count). The summed E-state index contributed by atoms with van der Waals surface area (Å²) in [5.41, 5.74) is 10.7. The van der Waals surface area contributed by atoms with Gasteiger partial charge >= 0.3 is 0 Å². The van der Waals surface area contributed by atoms with E-state index in [0.717, 1.165) is 55.4 Å². The number of nitrogens with zero attached hydrogens (tertiary/aromatic N) is 3. The number of fused-ring (bicyclic) bond motifs is 13. The summed E-state index contributed by atoms with van der Waals surface area (Å²) in [6, 6.07) is 47.7. The molecule has 0 atom stereocenters. The highest BCUT2D eigenvalue weighted by Gasteiger charge is 2.22. The van der Waals surface area contributed by atoms with Gasteiger partial charge < -0.3 is 8.82 Å². The van der Waals surface area contributed by atoms with Crippen molar-refractivity contribution in [3.8, 4) is 16.8 Å². The van der Waals surface area contributed by atoms with Gasteiger partial charge in [0.25, 0.3) is 0 Å². The van der Waals surface area contributed by atoms with E-state index < -0.39 is 0 Å². The van der Waals surface area contributed by atoms with E-state index in [9.17, 15) is 0 Å². The van der Waals surface area contributed by atoms with Crippen LogP contribution in [-0.2, 0) is 0 Å². The maximum atomic E-state index is 6.69. The Morgan fingerprint density at radius 1 is 0.543 bits per heavy atom. The van der Waals surface area contributed by atoms with Crippen molar-refractivity contribution in [3.63, 3.8) is 0 Å². The molecule has 5 heterocycles. The first-order valence-corrected chi connectivity index (χ1v) is 16.3. The van der Waals surface area contributed by atoms with Crippen molar-refractivity contribution in [2.45, 2.75) is 0 Å². The van der Waals surface area contributed by atoms with Crippen LogP contribution in [0.2, 0.25) is 0 Å². The fourth-order valence-corrected chi connectivity index (χ4v) is 8.73. The van der Waals surface area contributed by atoms with Crippen LogP contribution in [0.5, 0.6) is 0 Å². The second-order valence-corrected chi connectivity index (χ2v) is 13.1. The van der Waals surface area contributed by atoms with Crippen molar-refractivity contribution >= 4 is 91.9 Å². The van der Waals surface area contributed by atoms with Crippen LogP contribution in [0.15, 0.2) is 144 Å². The number of furan rings is 1. The fourth-order valence-electron chi connectivity index (χ4n) is 7.60. The minimum Gasteiger partial charge on any atom is -0.439 e. The molecular weight excluding hydrogens is 583 g/mol. The molecule has 0 saturated carbocycles. The van der Waals surface area contributed by atoms with E-state index in [1.807, 2.05) is 29.7 Å². The van der Waals surface area contributed by atoms with Gasteiger partial charge in [0.15, 0.2) is 0 Å². The van der Waals surface area contributed by atoms with Crippen molar-refractivity contribution < 1.29 is 4.42 Å². The maximum Gasteiger partial charge on any atom is 0.213 e. The average Bonchev–Trinajstić information content (AvgIpc) is 3.84.